The van der Waals surface area contributed by atoms with E-state index in [9.17, 15) is 0 Å². The Morgan fingerprint density at radius 1 is 0.255 bits per heavy atom. The average molecular weight is 698 g/mol. The summed E-state index contributed by atoms with van der Waals surface area (Å²) in [6.45, 7) is 0. The van der Waals surface area contributed by atoms with Crippen LogP contribution >= 0.6 is 0 Å². The Bertz CT molecular complexity index is 3170. The maximum Gasteiger partial charge on any atom is 0.0618 e. The second kappa shape index (κ2) is 12.7. The molecule has 1 heterocycles. The van der Waals surface area contributed by atoms with Crippen molar-refractivity contribution in [3.63, 3.8) is 0 Å². The van der Waals surface area contributed by atoms with E-state index >= 15 is 0 Å². The molecular formula is C54H35N. The highest BCUT2D eigenvalue weighted by Gasteiger charge is 2.19. The fraction of sp³-hybridized carbons (Fsp3) is 0. The molecule has 0 bridgehead atoms. The number of benzene rings is 10. The van der Waals surface area contributed by atoms with Crippen LogP contribution in [0.15, 0.2) is 212 Å². The molecule has 0 saturated heterocycles. The van der Waals surface area contributed by atoms with Gasteiger partial charge >= 0.3 is 0 Å². The van der Waals surface area contributed by atoms with Crippen molar-refractivity contribution < 1.29 is 0 Å². The molecule has 1 aromatic heterocycles. The molecule has 0 unspecified atom stereocenters. The second-order valence-electron chi connectivity index (χ2n) is 14.5. The van der Waals surface area contributed by atoms with Crippen molar-refractivity contribution in [2.45, 2.75) is 0 Å². The van der Waals surface area contributed by atoms with Crippen LogP contribution < -0.4 is 0 Å². The average Bonchev–Trinajstić information content (AvgIpc) is 3.64. The molecule has 0 amide bonds. The Labute approximate surface area is 320 Å². The molecule has 0 atom stereocenters. The quantitative estimate of drug-likeness (QED) is 0.158. The van der Waals surface area contributed by atoms with Gasteiger partial charge in [-0.1, -0.05) is 188 Å². The third kappa shape index (κ3) is 5.09. The van der Waals surface area contributed by atoms with Crippen LogP contribution in [-0.4, -0.2) is 4.57 Å². The molecule has 0 saturated carbocycles. The number of nitrogens with zero attached hydrogens (tertiary/aromatic N) is 1. The first kappa shape index (κ1) is 31.3. The molecule has 0 fully saturated rings. The van der Waals surface area contributed by atoms with Gasteiger partial charge in [0.1, 0.15) is 0 Å². The minimum absolute atomic E-state index is 1.18. The zero-order valence-electron chi connectivity index (χ0n) is 30.2. The lowest BCUT2D eigenvalue weighted by molar-refractivity contribution is 1.16. The van der Waals surface area contributed by atoms with Gasteiger partial charge in [0, 0.05) is 16.2 Å². The topological polar surface area (TPSA) is 4.93 Å². The number of rotatable bonds is 5. The highest BCUT2D eigenvalue weighted by atomic mass is 15.0. The molecule has 0 aliphatic rings. The lowest BCUT2D eigenvalue weighted by Crippen LogP contribution is -1.99. The molecule has 55 heavy (non-hydrogen) atoms. The van der Waals surface area contributed by atoms with Gasteiger partial charge in [0.05, 0.1) is 16.9 Å². The van der Waals surface area contributed by atoms with Crippen molar-refractivity contribution in [1.82, 2.24) is 4.57 Å². The predicted molar refractivity (Wildman–Crippen MR) is 235 cm³/mol. The third-order valence-electron chi connectivity index (χ3n) is 11.3. The van der Waals surface area contributed by atoms with Gasteiger partial charge < -0.3 is 4.57 Å². The van der Waals surface area contributed by atoms with Gasteiger partial charge in [-0.2, -0.15) is 0 Å². The van der Waals surface area contributed by atoms with Gasteiger partial charge in [-0.25, -0.2) is 0 Å². The Morgan fingerprint density at radius 2 is 0.709 bits per heavy atom. The normalized spacial score (nSPS) is 11.6. The Hall–Kier alpha value is -7.22. The molecule has 0 N–H and O–H groups in total. The van der Waals surface area contributed by atoms with Crippen LogP contribution in [-0.2, 0) is 0 Å². The lowest BCUT2D eigenvalue weighted by atomic mass is 9.85. The standard InChI is InChI=1S/C54H35N/c1-3-15-38(16-4-1)52-46-24-12-13-25-47(46)53(39-17-5-2-6-18-39)49-34-40(31-32-48(49)52)36-27-29-37(30-28-36)51-35-43-21-9-14-26-50(43)55(51)54-44-22-10-7-19-41(44)33-42-20-8-11-23-45(42)54/h1-35H. The minimum atomic E-state index is 1.18. The van der Waals surface area contributed by atoms with Crippen LogP contribution in [0.2, 0.25) is 0 Å². The van der Waals surface area contributed by atoms with E-state index in [2.05, 4.69) is 217 Å². The molecule has 0 aliphatic carbocycles. The molecule has 256 valence electrons. The molecule has 1 heteroatoms. The van der Waals surface area contributed by atoms with E-state index in [4.69, 9.17) is 0 Å². The second-order valence-corrected chi connectivity index (χ2v) is 14.5. The van der Waals surface area contributed by atoms with Gasteiger partial charge in [0.15, 0.2) is 0 Å². The summed E-state index contributed by atoms with van der Waals surface area (Å²) >= 11 is 0. The van der Waals surface area contributed by atoms with Gasteiger partial charge in [-0.05, 0) is 95.5 Å². The Morgan fingerprint density at radius 3 is 1.33 bits per heavy atom. The van der Waals surface area contributed by atoms with Gasteiger partial charge in [-0.15, -0.1) is 0 Å². The summed E-state index contributed by atoms with van der Waals surface area (Å²) in [6.07, 6.45) is 0. The summed E-state index contributed by atoms with van der Waals surface area (Å²) in [4.78, 5) is 0. The van der Waals surface area contributed by atoms with E-state index in [1.807, 2.05) is 0 Å². The molecular weight excluding hydrogens is 663 g/mol. The summed E-state index contributed by atoms with van der Waals surface area (Å²) in [5.74, 6) is 0. The number of aromatic nitrogens is 1. The number of hydrogen-bond acceptors (Lipinski definition) is 0. The van der Waals surface area contributed by atoms with Gasteiger partial charge in [0.2, 0.25) is 0 Å². The summed E-state index contributed by atoms with van der Waals surface area (Å²) < 4.78 is 2.48. The predicted octanol–water partition coefficient (Wildman–Crippen LogP) is 14.9. The molecule has 10 aromatic carbocycles. The first-order valence-corrected chi connectivity index (χ1v) is 19.0. The largest absolute Gasteiger partial charge is 0.308 e. The first-order valence-electron chi connectivity index (χ1n) is 19.0. The van der Waals surface area contributed by atoms with Crippen molar-refractivity contribution >= 4 is 54.0 Å². The zero-order chi connectivity index (χ0) is 36.3. The zero-order valence-corrected chi connectivity index (χ0v) is 30.2. The van der Waals surface area contributed by atoms with Crippen LogP contribution in [0, 0.1) is 0 Å². The van der Waals surface area contributed by atoms with Crippen LogP contribution in [0.1, 0.15) is 0 Å². The first-order chi connectivity index (χ1) is 27.3. The van der Waals surface area contributed by atoms with Crippen molar-refractivity contribution in [3.8, 4) is 50.3 Å². The van der Waals surface area contributed by atoms with E-state index in [1.165, 1.54) is 104 Å². The summed E-state index contributed by atoms with van der Waals surface area (Å²) in [7, 11) is 0. The van der Waals surface area contributed by atoms with Crippen molar-refractivity contribution in [2.75, 3.05) is 0 Å². The highest BCUT2D eigenvalue weighted by molar-refractivity contribution is 6.22. The summed E-state index contributed by atoms with van der Waals surface area (Å²) in [5.41, 5.74) is 12.2. The van der Waals surface area contributed by atoms with Gasteiger partial charge in [0.25, 0.3) is 0 Å². The number of hydrogen-bond donors (Lipinski definition) is 0. The maximum atomic E-state index is 2.48. The van der Waals surface area contributed by atoms with Crippen LogP contribution in [0.25, 0.3) is 104 Å². The fourth-order valence-corrected chi connectivity index (χ4v) is 8.86. The SMILES string of the molecule is c1ccc(-c2c3ccccc3c(-c3ccccc3)c3cc(-c4ccc(-c5cc6ccccc6n5-c5c6ccccc6cc6ccccc56)cc4)ccc23)cc1. The van der Waals surface area contributed by atoms with Gasteiger partial charge in [-0.3, -0.25) is 0 Å². The molecule has 1 nitrogen and oxygen atoms in total. The smallest absolute Gasteiger partial charge is 0.0618 e. The Balaban J connectivity index is 1.11. The summed E-state index contributed by atoms with van der Waals surface area (Å²) in [6, 6.07) is 77.8. The van der Waals surface area contributed by atoms with Crippen LogP contribution in [0.3, 0.4) is 0 Å². The van der Waals surface area contributed by atoms with Crippen molar-refractivity contribution in [2.24, 2.45) is 0 Å². The molecule has 0 spiro atoms. The van der Waals surface area contributed by atoms with E-state index in [-0.39, 0.29) is 0 Å². The van der Waals surface area contributed by atoms with E-state index in [0.29, 0.717) is 0 Å². The third-order valence-corrected chi connectivity index (χ3v) is 11.3. The molecule has 11 rings (SSSR count). The lowest BCUT2D eigenvalue weighted by Gasteiger charge is -2.19. The maximum absolute atomic E-state index is 2.48. The van der Waals surface area contributed by atoms with Crippen molar-refractivity contribution in [3.05, 3.63) is 212 Å². The monoisotopic (exact) mass is 697 g/mol. The molecule has 0 aliphatic heterocycles. The van der Waals surface area contributed by atoms with E-state index < -0.39 is 0 Å². The van der Waals surface area contributed by atoms with Crippen LogP contribution in [0.5, 0.6) is 0 Å². The summed E-state index contributed by atoms with van der Waals surface area (Å²) in [5, 5.41) is 11.2. The highest BCUT2D eigenvalue weighted by Crippen LogP contribution is 2.45. The molecule has 11 aromatic rings. The number of fused-ring (bicyclic) bond motifs is 5. The Kier molecular flexibility index (Phi) is 7.25. The fourth-order valence-electron chi connectivity index (χ4n) is 8.86. The number of para-hydroxylation sites is 1. The van der Waals surface area contributed by atoms with E-state index in [1.54, 1.807) is 0 Å². The van der Waals surface area contributed by atoms with E-state index in [0.717, 1.165) is 0 Å². The minimum Gasteiger partial charge on any atom is -0.308 e. The van der Waals surface area contributed by atoms with Crippen LogP contribution in [0.4, 0.5) is 0 Å². The molecule has 0 radical (unpaired) electrons. The van der Waals surface area contributed by atoms with Crippen molar-refractivity contribution in [1.29, 1.82) is 0 Å².